The lowest BCUT2D eigenvalue weighted by Crippen LogP contribution is -2.42. The maximum absolute atomic E-state index is 12.5. The van der Waals surface area contributed by atoms with Crippen molar-refractivity contribution in [3.63, 3.8) is 0 Å². The van der Waals surface area contributed by atoms with Crippen LogP contribution in [0.15, 0.2) is 41.1 Å². The second-order valence-corrected chi connectivity index (χ2v) is 6.16. The van der Waals surface area contributed by atoms with Gasteiger partial charge in [-0.25, -0.2) is 4.98 Å². The summed E-state index contributed by atoms with van der Waals surface area (Å²) in [6, 6.07) is 7.07. The predicted molar refractivity (Wildman–Crippen MR) is 94.6 cm³/mol. The minimum Gasteiger partial charge on any atom is -0.478 e. The van der Waals surface area contributed by atoms with E-state index in [1.54, 1.807) is 23.2 Å². The van der Waals surface area contributed by atoms with E-state index in [1.807, 2.05) is 19.1 Å². The second kappa shape index (κ2) is 8.51. The van der Waals surface area contributed by atoms with Gasteiger partial charge in [-0.2, -0.15) is 0 Å². The van der Waals surface area contributed by atoms with Crippen LogP contribution in [0.3, 0.4) is 0 Å². The number of ether oxygens (including phenoxy) is 1. The van der Waals surface area contributed by atoms with Gasteiger partial charge in [0.25, 0.3) is 5.91 Å². The monoisotopic (exact) mass is 357 g/mol. The minimum absolute atomic E-state index is 0.00130. The summed E-state index contributed by atoms with van der Waals surface area (Å²) < 4.78 is 10.6. The number of carbonyl (C=O) groups is 2. The lowest BCUT2D eigenvalue weighted by molar-refractivity contribution is -0.126. The lowest BCUT2D eigenvalue weighted by atomic mass is 9.95. The van der Waals surface area contributed by atoms with E-state index in [-0.39, 0.29) is 17.7 Å². The molecule has 2 amide bonds. The molecule has 0 saturated carbocycles. The summed E-state index contributed by atoms with van der Waals surface area (Å²) in [7, 11) is 0. The van der Waals surface area contributed by atoms with Gasteiger partial charge in [0, 0.05) is 37.3 Å². The molecule has 26 heavy (non-hydrogen) atoms. The molecule has 3 rings (SSSR count). The van der Waals surface area contributed by atoms with Crippen molar-refractivity contribution in [2.24, 2.45) is 5.92 Å². The molecule has 0 radical (unpaired) electrons. The van der Waals surface area contributed by atoms with Gasteiger partial charge < -0.3 is 19.4 Å². The molecule has 1 aliphatic heterocycles. The molecule has 138 valence electrons. The van der Waals surface area contributed by atoms with Crippen molar-refractivity contribution in [1.82, 2.24) is 15.2 Å². The third kappa shape index (κ3) is 4.22. The van der Waals surface area contributed by atoms with Crippen LogP contribution in [0, 0.1) is 5.92 Å². The van der Waals surface area contributed by atoms with Gasteiger partial charge in [-0.05, 0) is 38.0 Å². The summed E-state index contributed by atoms with van der Waals surface area (Å²) in [5.41, 5.74) is 0.855. The van der Waals surface area contributed by atoms with Crippen molar-refractivity contribution in [2.45, 2.75) is 26.3 Å². The first-order valence-corrected chi connectivity index (χ1v) is 8.86. The first-order valence-electron chi connectivity index (χ1n) is 8.86. The molecule has 1 fully saturated rings. The van der Waals surface area contributed by atoms with Crippen LogP contribution in [-0.2, 0) is 11.3 Å². The normalized spacial score (nSPS) is 14.9. The van der Waals surface area contributed by atoms with E-state index in [4.69, 9.17) is 9.15 Å². The van der Waals surface area contributed by atoms with Gasteiger partial charge in [0.05, 0.1) is 12.9 Å². The number of nitrogens with zero attached hydrogens (tertiary/aromatic N) is 2. The van der Waals surface area contributed by atoms with E-state index in [2.05, 4.69) is 10.3 Å². The number of pyridine rings is 1. The average molecular weight is 357 g/mol. The molecular weight excluding hydrogens is 334 g/mol. The number of furan rings is 1. The molecule has 2 aromatic rings. The first-order chi connectivity index (χ1) is 12.7. The highest BCUT2D eigenvalue weighted by Crippen LogP contribution is 2.20. The third-order valence-corrected chi connectivity index (χ3v) is 4.47. The zero-order valence-electron chi connectivity index (χ0n) is 14.8. The maximum Gasteiger partial charge on any atom is 0.289 e. The molecule has 1 saturated heterocycles. The van der Waals surface area contributed by atoms with Crippen LogP contribution in [0.25, 0.3) is 0 Å². The smallest absolute Gasteiger partial charge is 0.289 e. The Morgan fingerprint density at radius 1 is 1.31 bits per heavy atom. The zero-order valence-corrected chi connectivity index (χ0v) is 14.8. The van der Waals surface area contributed by atoms with Gasteiger partial charge >= 0.3 is 0 Å². The molecule has 1 N–H and O–H groups in total. The van der Waals surface area contributed by atoms with E-state index in [9.17, 15) is 9.59 Å². The number of hydrogen-bond donors (Lipinski definition) is 1. The number of carbonyl (C=O) groups excluding carboxylic acids is 2. The summed E-state index contributed by atoms with van der Waals surface area (Å²) in [6.45, 7) is 3.91. The molecule has 1 aliphatic rings. The van der Waals surface area contributed by atoms with E-state index < -0.39 is 0 Å². The molecule has 0 unspecified atom stereocenters. The quantitative estimate of drug-likeness (QED) is 0.857. The van der Waals surface area contributed by atoms with Crippen molar-refractivity contribution in [2.75, 3.05) is 19.7 Å². The number of likely N-dealkylation sites (tertiary alicyclic amines) is 1. The largest absolute Gasteiger partial charge is 0.478 e. The molecule has 0 spiro atoms. The molecule has 0 aliphatic carbocycles. The van der Waals surface area contributed by atoms with Crippen LogP contribution in [0.1, 0.15) is 35.9 Å². The summed E-state index contributed by atoms with van der Waals surface area (Å²) in [6.07, 6.45) is 4.44. The predicted octanol–water partition coefficient (Wildman–Crippen LogP) is 2.24. The van der Waals surface area contributed by atoms with Crippen LogP contribution in [0.4, 0.5) is 0 Å². The Labute approximate surface area is 152 Å². The highest BCUT2D eigenvalue weighted by atomic mass is 16.5. The fourth-order valence-electron chi connectivity index (χ4n) is 3.05. The second-order valence-electron chi connectivity index (χ2n) is 6.16. The van der Waals surface area contributed by atoms with Crippen molar-refractivity contribution >= 4 is 11.8 Å². The number of nitrogens with one attached hydrogen (secondary N) is 1. The Morgan fingerprint density at radius 3 is 2.81 bits per heavy atom. The molecule has 0 atom stereocenters. The van der Waals surface area contributed by atoms with Gasteiger partial charge in [0.1, 0.15) is 0 Å². The van der Waals surface area contributed by atoms with Crippen molar-refractivity contribution < 1.29 is 18.7 Å². The summed E-state index contributed by atoms with van der Waals surface area (Å²) in [5.74, 6) is 0.678. The summed E-state index contributed by atoms with van der Waals surface area (Å²) in [4.78, 5) is 30.6. The average Bonchev–Trinajstić information content (AvgIpc) is 3.21. The van der Waals surface area contributed by atoms with Crippen LogP contribution in [-0.4, -0.2) is 41.4 Å². The lowest BCUT2D eigenvalue weighted by Gasteiger charge is -2.30. The molecular formula is C19H23N3O4. The highest BCUT2D eigenvalue weighted by molar-refractivity contribution is 5.91. The van der Waals surface area contributed by atoms with Crippen LogP contribution in [0.2, 0.25) is 0 Å². The Hall–Kier alpha value is -2.83. The Bertz CT molecular complexity index is 737. The van der Waals surface area contributed by atoms with Crippen LogP contribution >= 0.6 is 0 Å². The van der Waals surface area contributed by atoms with Gasteiger partial charge in [0.2, 0.25) is 11.8 Å². The zero-order chi connectivity index (χ0) is 18.4. The topological polar surface area (TPSA) is 84.7 Å². The Balaban J connectivity index is 1.49. The standard InChI is InChI=1S/C19H23N3O4/c1-2-25-18-15(5-3-9-20-18)13-21-17(23)14-7-10-22(11-8-14)19(24)16-6-4-12-26-16/h3-6,9,12,14H,2,7-8,10-11,13H2,1H3,(H,21,23). The fourth-order valence-corrected chi connectivity index (χ4v) is 3.05. The Kier molecular flexibility index (Phi) is 5.88. The van der Waals surface area contributed by atoms with E-state index in [1.165, 1.54) is 6.26 Å². The van der Waals surface area contributed by atoms with Crippen molar-refractivity contribution in [3.05, 3.63) is 48.0 Å². The molecule has 3 heterocycles. The number of hydrogen-bond acceptors (Lipinski definition) is 5. The summed E-state index contributed by atoms with van der Waals surface area (Å²) in [5, 5.41) is 2.96. The number of amides is 2. The first kappa shape index (κ1) is 18.0. The molecule has 2 aromatic heterocycles. The van der Waals surface area contributed by atoms with Crippen LogP contribution in [0.5, 0.6) is 5.88 Å². The highest BCUT2D eigenvalue weighted by Gasteiger charge is 2.28. The van der Waals surface area contributed by atoms with Crippen molar-refractivity contribution in [3.8, 4) is 5.88 Å². The third-order valence-electron chi connectivity index (χ3n) is 4.47. The van der Waals surface area contributed by atoms with E-state index >= 15 is 0 Å². The van der Waals surface area contributed by atoms with Gasteiger partial charge in [0.15, 0.2) is 5.76 Å². The Morgan fingerprint density at radius 2 is 2.12 bits per heavy atom. The van der Waals surface area contributed by atoms with E-state index in [0.717, 1.165) is 5.56 Å². The fraction of sp³-hybridized carbons (Fsp3) is 0.421. The summed E-state index contributed by atoms with van der Waals surface area (Å²) >= 11 is 0. The minimum atomic E-state index is -0.120. The number of aromatic nitrogens is 1. The number of rotatable bonds is 6. The molecule has 7 nitrogen and oxygen atoms in total. The maximum atomic E-state index is 12.5. The SMILES string of the molecule is CCOc1ncccc1CNC(=O)C1CCN(C(=O)c2ccco2)CC1. The molecule has 7 heteroatoms. The van der Waals surface area contributed by atoms with Gasteiger partial charge in [-0.3, -0.25) is 9.59 Å². The number of piperidine rings is 1. The van der Waals surface area contributed by atoms with Crippen molar-refractivity contribution in [1.29, 1.82) is 0 Å². The molecule has 0 aromatic carbocycles. The molecule has 0 bridgehead atoms. The van der Waals surface area contributed by atoms with Crippen LogP contribution < -0.4 is 10.1 Å². The van der Waals surface area contributed by atoms with Gasteiger partial charge in [-0.15, -0.1) is 0 Å². The van der Waals surface area contributed by atoms with Gasteiger partial charge in [-0.1, -0.05) is 6.07 Å². The van der Waals surface area contributed by atoms with E-state index in [0.29, 0.717) is 50.7 Å².